The number of aromatic nitrogens is 2. The summed E-state index contributed by atoms with van der Waals surface area (Å²) >= 11 is 0. The van der Waals surface area contributed by atoms with Crippen molar-refractivity contribution in [2.75, 3.05) is 46.9 Å². The van der Waals surface area contributed by atoms with Crippen molar-refractivity contribution < 1.29 is 18.8 Å². The zero-order valence-electron chi connectivity index (χ0n) is 17.1. The van der Waals surface area contributed by atoms with Crippen LogP contribution in [-0.4, -0.2) is 72.8 Å². The molecule has 1 saturated heterocycles. The first-order chi connectivity index (χ1) is 14.6. The normalized spacial score (nSPS) is 14.5. The third kappa shape index (κ3) is 4.60. The van der Waals surface area contributed by atoms with Crippen LogP contribution in [0.25, 0.3) is 22.8 Å². The summed E-state index contributed by atoms with van der Waals surface area (Å²) in [6, 6.07) is 14.7. The molecule has 2 aromatic carbocycles. The first kappa shape index (κ1) is 19.9. The van der Waals surface area contributed by atoms with Gasteiger partial charge in [0.1, 0.15) is 11.5 Å². The maximum absolute atomic E-state index is 12.3. The zero-order chi connectivity index (χ0) is 20.9. The average molecular weight is 408 g/mol. The van der Waals surface area contributed by atoms with Gasteiger partial charge >= 0.3 is 0 Å². The molecule has 0 unspecified atom stereocenters. The molecule has 1 aliphatic rings. The summed E-state index contributed by atoms with van der Waals surface area (Å²) in [6.07, 6.45) is 0. The maximum Gasteiger partial charge on any atom is 0.260 e. The van der Waals surface area contributed by atoms with E-state index in [1.54, 1.807) is 19.2 Å². The van der Waals surface area contributed by atoms with Gasteiger partial charge in [0.15, 0.2) is 6.61 Å². The van der Waals surface area contributed by atoms with Gasteiger partial charge in [-0.2, -0.15) is 4.98 Å². The Bertz CT molecular complexity index is 977. The van der Waals surface area contributed by atoms with E-state index in [0.29, 0.717) is 17.5 Å². The predicted octanol–water partition coefficient (Wildman–Crippen LogP) is 2.57. The van der Waals surface area contributed by atoms with Crippen LogP contribution in [0.5, 0.6) is 11.5 Å². The quantitative estimate of drug-likeness (QED) is 0.620. The third-order valence-electron chi connectivity index (χ3n) is 5.09. The molecule has 1 aliphatic heterocycles. The first-order valence-corrected chi connectivity index (χ1v) is 9.80. The van der Waals surface area contributed by atoms with Crippen LogP contribution in [0.3, 0.4) is 0 Å². The molecule has 1 fully saturated rings. The number of benzene rings is 2. The number of hydrogen-bond acceptors (Lipinski definition) is 7. The van der Waals surface area contributed by atoms with E-state index in [1.165, 1.54) is 0 Å². The highest BCUT2D eigenvalue weighted by atomic mass is 16.5. The Morgan fingerprint density at radius 3 is 2.27 bits per heavy atom. The second-order valence-electron chi connectivity index (χ2n) is 7.15. The van der Waals surface area contributed by atoms with Crippen molar-refractivity contribution in [3.05, 3.63) is 48.5 Å². The topological polar surface area (TPSA) is 80.9 Å². The lowest BCUT2D eigenvalue weighted by atomic mass is 10.2. The Balaban J connectivity index is 1.35. The van der Waals surface area contributed by atoms with Crippen LogP contribution in [0.1, 0.15) is 0 Å². The molecule has 3 aromatic rings. The molecule has 0 spiro atoms. The summed E-state index contributed by atoms with van der Waals surface area (Å²) in [7, 11) is 3.68. The van der Waals surface area contributed by atoms with Gasteiger partial charge in [0, 0.05) is 37.3 Å². The highest BCUT2D eigenvalue weighted by Crippen LogP contribution is 2.25. The van der Waals surface area contributed by atoms with E-state index in [1.807, 2.05) is 41.3 Å². The van der Waals surface area contributed by atoms with Gasteiger partial charge in [-0.05, 0) is 55.6 Å². The Hall–Kier alpha value is -3.39. The number of piperazine rings is 1. The summed E-state index contributed by atoms with van der Waals surface area (Å²) in [5.74, 6) is 2.32. The summed E-state index contributed by atoms with van der Waals surface area (Å²) in [4.78, 5) is 20.8. The van der Waals surface area contributed by atoms with E-state index in [9.17, 15) is 4.79 Å². The number of methoxy groups -OCH3 is 1. The standard InChI is InChI=1S/C22H24N4O4/c1-25-11-13-26(14-12-25)20(27)15-29-19-9-5-17(6-10-19)22-23-21(24-30-22)16-3-7-18(28-2)8-4-16/h3-10H,11-15H2,1-2H3. The molecular formula is C22H24N4O4. The molecule has 0 bridgehead atoms. The molecule has 2 heterocycles. The molecule has 0 radical (unpaired) electrons. The fourth-order valence-electron chi connectivity index (χ4n) is 3.18. The van der Waals surface area contributed by atoms with Crippen molar-refractivity contribution in [3.63, 3.8) is 0 Å². The van der Waals surface area contributed by atoms with Gasteiger partial charge in [-0.3, -0.25) is 4.79 Å². The summed E-state index contributed by atoms with van der Waals surface area (Å²) < 4.78 is 16.2. The largest absolute Gasteiger partial charge is 0.497 e. The number of ether oxygens (including phenoxy) is 2. The lowest BCUT2D eigenvalue weighted by molar-refractivity contribution is -0.134. The molecule has 0 saturated carbocycles. The van der Waals surface area contributed by atoms with E-state index in [-0.39, 0.29) is 12.5 Å². The Morgan fingerprint density at radius 1 is 0.967 bits per heavy atom. The Kier molecular flexibility index (Phi) is 5.94. The average Bonchev–Trinajstić information content (AvgIpc) is 3.29. The number of hydrogen-bond donors (Lipinski definition) is 0. The molecule has 0 aliphatic carbocycles. The summed E-state index contributed by atoms with van der Waals surface area (Å²) in [5, 5.41) is 4.05. The van der Waals surface area contributed by atoms with Crippen LogP contribution >= 0.6 is 0 Å². The van der Waals surface area contributed by atoms with Crippen molar-refractivity contribution in [2.45, 2.75) is 0 Å². The number of rotatable bonds is 6. The van der Waals surface area contributed by atoms with Crippen molar-refractivity contribution in [2.24, 2.45) is 0 Å². The van der Waals surface area contributed by atoms with Gasteiger partial charge < -0.3 is 23.8 Å². The van der Waals surface area contributed by atoms with E-state index in [2.05, 4.69) is 22.1 Å². The number of likely N-dealkylation sites (N-methyl/N-ethyl adjacent to an activating group) is 1. The van der Waals surface area contributed by atoms with Crippen molar-refractivity contribution in [3.8, 4) is 34.3 Å². The first-order valence-electron chi connectivity index (χ1n) is 9.80. The van der Waals surface area contributed by atoms with Crippen LogP contribution in [0.2, 0.25) is 0 Å². The molecule has 1 aromatic heterocycles. The van der Waals surface area contributed by atoms with Gasteiger partial charge in [-0.15, -0.1) is 0 Å². The number of carbonyl (C=O) groups excluding carboxylic acids is 1. The minimum atomic E-state index is 0.00760. The van der Waals surface area contributed by atoms with E-state index in [4.69, 9.17) is 14.0 Å². The molecule has 30 heavy (non-hydrogen) atoms. The summed E-state index contributed by atoms with van der Waals surface area (Å²) in [5.41, 5.74) is 1.62. The van der Waals surface area contributed by atoms with Crippen molar-refractivity contribution in [1.82, 2.24) is 19.9 Å². The van der Waals surface area contributed by atoms with Gasteiger partial charge in [-0.25, -0.2) is 0 Å². The zero-order valence-corrected chi connectivity index (χ0v) is 17.1. The Morgan fingerprint density at radius 2 is 1.60 bits per heavy atom. The lowest BCUT2D eigenvalue weighted by Gasteiger charge is -2.32. The highest BCUT2D eigenvalue weighted by Gasteiger charge is 2.19. The van der Waals surface area contributed by atoms with Crippen LogP contribution in [-0.2, 0) is 4.79 Å². The van der Waals surface area contributed by atoms with Gasteiger partial charge in [0.25, 0.3) is 11.8 Å². The van der Waals surface area contributed by atoms with Crippen LogP contribution in [0.4, 0.5) is 0 Å². The predicted molar refractivity (Wildman–Crippen MR) is 111 cm³/mol. The molecule has 4 rings (SSSR count). The van der Waals surface area contributed by atoms with Gasteiger partial charge in [0.05, 0.1) is 7.11 Å². The Labute approximate surface area is 175 Å². The second kappa shape index (κ2) is 8.96. The van der Waals surface area contributed by atoms with Gasteiger partial charge in [0.2, 0.25) is 5.82 Å². The van der Waals surface area contributed by atoms with E-state index < -0.39 is 0 Å². The van der Waals surface area contributed by atoms with Gasteiger partial charge in [-0.1, -0.05) is 5.16 Å². The molecule has 8 nitrogen and oxygen atoms in total. The molecule has 0 atom stereocenters. The molecule has 156 valence electrons. The fraction of sp³-hybridized carbons (Fsp3) is 0.318. The lowest BCUT2D eigenvalue weighted by Crippen LogP contribution is -2.48. The second-order valence-corrected chi connectivity index (χ2v) is 7.15. The third-order valence-corrected chi connectivity index (χ3v) is 5.09. The van der Waals surface area contributed by atoms with Crippen LogP contribution in [0.15, 0.2) is 53.1 Å². The monoisotopic (exact) mass is 408 g/mol. The minimum absolute atomic E-state index is 0.00760. The van der Waals surface area contributed by atoms with Crippen molar-refractivity contribution in [1.29, 1.82) is 0 Å². The smallest absolute Gasteiger partial charge is 0.260 e. The van der Waals surface area contributed by atoms with Crippen LogP contribution < -0.4 is 9.47 Å². The molecule has 0 N–H and O–H groups in total. The van der Waals surface area contributed by atoms with Crippen molar-refractivity contribution >= 4 is 5.91 Å². The van der Waals surface area contributed by atoms with E-state index >= 15 is 0 Å². The van der Waals surface area contributed by atoms with E-state index in [0.717, 1.165) is 43.1 Å². The SMILES string of the molecule is COc1ccc(-c2noc(-c3ccc(OCC(=O)N4CCN(C)CC4)cc3)n2)cc1. The number of carbonyl (C=O) groups is 1. The van der Waals surface area contributed by atoms with Crippen LogP contribution in [0, 0.1) is 0 Å². The molecule has 8 heteroatoms. The molecule has 1 amide bonds. The highest BCUT2D eigenvalue weighted by molar-refractivity contribution is 5.78. The molecular weight excluding hydrogens is 384 g/mol. The fourth-order valence-corrected chi connectivity index (χ4v) is 3.18. The minimum Gasteiger partial charge on any atom is -0.497 e. The maximum atomic E-state index is 12.3. The summed E-state index contributed by atoms with van der Waals surface area (Å²) in [6.45, 7) is 3.30. The number of amides is 1. The number of nitrogens with zero attached hydrogens (tertiary/aromatic N) is 4.